The van der Waals surface area contributed by atoms with Gasteiger partial charge in [0.1, 0.15) is 5.82 Å². The fourth-order valence-corrected chi connectivity index (χ4v) is 3.62. The van der Waals surface area contributed by atoms with Crippen LogP contribution in [-0.2, 0) is 12.8 Å². The van der Waals surface area contributed by atoms with Crippen molar-refractivity contribution in [2.45, 2.75) is 65.2 Å². The lowest BCUT2D eigenvalue weighted by Crippen LogP contribution is -1.90. The van der Waals surface area contributed by atoms with E-state index in [9.17, 15) is 4.39 Å². The zero-order valence-corrected chi connectivity index (χ0v) is 17.7. The summed E-state index contributed by atoms with van der Waals surface area (Å²) < 4.78 is 15.0. The van der Waals surface area contributed by atoms with Gasteiger partial charge in [0.25, 0.3) is 0 Å². The number of aryl methyl sites for hydroxylation is 2. The van der Waals surface area contributed by atoms with Crippen molar-refractivity contribution >= 4 is 10.8 Å². The molecular weight excluding hydrogens is 355 g/mol. The summed E-state index contributed by atoms with van der Waals surface area (Å²) in [5, 5.41) is 1.62. The molecule has 0 saturated heterocycles. The van der Waals surface area contributed by atoms with Crippen molar-refractivity contribution < 1.29 is 4.39 Å². The van der Waals surface area contributed by atoms with Crippen LogP contribution in [0.2, 0.25) is 0 Å². The molecule has 150 valence electrons. The number of halogens is 1. The molecule has 29 heavy (non-hydrogen) atoms. The molecule has 0 aromatic heterocycles. The molecule has 3 rings (SSSR count). The summed E-state index contributed by atoms with van der Waals surface area (Å²) in [6.07, 6.45) is 9.55. The summed E-state index contributed by atoms with van der Waals surface area (Å²) in [6.45, 7) is 4.42. The lowest BCUT2D eigenvalue weighted by molar-refractivity contribution is 0.636. The van der Waals surface area contributed by atoms with E-state index in [1.54, 1.807) is 6.07 Å². The first-order valence-electron chi connectivity index (χ1n) is 11.0. The number of benzene rings is 3. The molecule has 0 saturated carbocycles. The minimum atomic E-state index is -0.216. The topological polar surface area (TPSA) is 0 Å². The van der Waals surface area contributed by atoms with Gasteiger partial charge in [-0.25, -0.2) is 4.39 Å². The maximum atomic E-state index is 15.0. The summed E-state index contributed by atoms with van der Waals surface area (Å²) in [4.78, 5) is 0. The third-order valence-electron chi connectivity index (χ3n) is 5.45. The normalized spacial score (nSPS) is 10.7. The molecule has 0 bridgehead atoms. The van der Waals surface area contributed by atoms with Crippen LogP contribution in [0, 0.1) is 17.7 Å². The van der Waals surface area contributed by atoms with Crippen LogP contribution in [-0.4, -0.2) is 0 Å². The van der Waals surface area contributed by atoms with E-state index < -0.39 is 0 Å². The molecule has 3 aromatic rings. The van der Waals surface area contributed by atoms with E-state index >= 15 is 0 Å². The molecule has 0 nitrogen and oxygen atoms in total. The van der Waals surface area contributed by atoms with Gasteiger partial charge >= 0.3 is 0 Å². The van der Waals surface area contributed by atoms with E-state index in [1.165, 1.54) is 49.7 Å². The Labute approximate surface area is 175 Å². The SMILES string of the molecule is CCCCCCc1ccc2c(F)c(C#Cc3ccc(CCCC)cc3)ccc2c1. The zero-order chi connectivity index (χ0) is 20.5. The van der Waals surface area contributed by atoms with Gasteiger partial charge in [-0.1, -0.05) is 87.8 Å². The van der Waals surface area contributed by atoms with Crippen LogP contribution in [0.1, 0.15) is 74.6 Å². The standard InChI is InChI=1S/C28H31F/c1-3-5-7-8-10-24-16-20-27-26(21-24)19-18-25(28(27)29)17-15-23-13-11-22(12-14-23)9-6-4-2/h11-14,16,18-21H,3-10H2,1-2H3. The molecule has 0 radical (unpaired) electrons. The molecule has 0 fully saturated rings. The molecule has 0 unspecified atom stereocenters. The summed E-state index contributed by atoms with van der Waals surface area (Å²) in [5.41, 5.74) is 4.00. The first kappa shape index (κ1) is 21.1. The monoisotopic (exact) mass is 386 g/mol. The Bertz CT molecular complexity index is 986. The third-order valence-corrected chi connectivity index (χ3v) is 5.45. The molecule has 1 heteroatoms. The Morgan fingerprint density at radius 2 is 1.41 bits per heavy atom. The van der Waals surface area contributed by atoms with Gasteiger partial charge in [0, 0.05) is 10.9 Å². The van der Waals surface area contributed by atoms with Gasteiger partial charge in [-0.2, -0.15) is 0 Å². The van der Waals surface area contributed by atoms with Gasteiger partial charge in [0.05, 0.1) is 5.56 Å². The lowest BCUT2D eigenvalue weighted by atomic mass is 10.00. The molecule has 0 N–H and O–H groups in total. The summed E-state index contributed by atoms with van der Waals surface area (Å²) >= 11 is 0. The van der Waals surface area contributed by atoms with E-state index in [0.717, 1.165) is 23.8 Å². The number of hydrogen-bond acceptors (Lipinski definition) is 0. The number of rotatable bonds is 8. The average Bonchev–Trinajstić information content (AvgIpc) is 2.75. The Kier molecular flexibility index (Phi) is 7.88. The summed E-state index contributed by atoms with van der Waals surface area (Å²) in [6, 6.07) is 18.2. The van der Waals surface area contributed by atoms with Gasteiger partial charge in [-0.15, -0.1) is 0 Å². The average molecular weight is 387 g/mol. The van der Waals surface area contributed by atoms with Crippen LogP contribution < -0.4 is 0 Å². The largest absolute Gasteiger partial charge is 0.205 e. The van der Waals surface area contributed by atoms with Crippen molar-refractivity contribution in [1.82, 2.24) is 0 Å². The molecule has 3 aromatic carbocycles. The molecule has 0 aliphatic carbocycles. The predicted octanol–water partition coefficient (Wildman–Crippen LogP) is 7.84. The number of fused-ring (bicyclic) bond motifs is 1. The van der Waals surface area contributed by atoms with Crippen LogP contribution in [0.5, 0.6) is 0 Å². The predicted molar refractivity (Wildman–Crippen MR) is 123 cm³/mol. The highest BCUT2D eigenvalue weighted by Crippen LogP contribution is 2.23. The molecule has 0 aliphatic rings. The van der Waals surface area contributed by atoms with Crippen LogP contribution >= 0.6 is 0 Å². The zero-order valence-electron chi connectivity index (χ0n) is 17.7. The van der Waals surface area contributed by atoms with Crippen LogP contribution in [0.4, 0.5) is 4.39 Å². The van der Waals surface area contributed by atoms with Crippen molar-refractivity contribution in [3.8, 4) is 11.8 Å². The Hall–Kier alpha value is -2.59. The lowest BCUT2D eigenvalue weighted by Gasteiger charge is -2.06. The maximum Gasteiger partial charge on any atom is 0.146 e. The van der Waals surface area contributed by atoms with Crippen molar-refractivity contribution in [2.24, 2.45) is 0 Å². The number of unbranched alkanes of at least 4 members (excludes halogenated alkanes) is 4. The van der Waals surface area contributed by atoms with E-state index in [1.807, 2.05) is 24.3 Å². The third kappa shape index (κ3) is 5.94. The summed E-state index contributed by atoms with van der Waals surface area (Å²) in [7, 11) is 0. The first-order valence-corrected chi connectivity index (χ1v) is 11.0. The second-order valence-electron chi connectivity index (χ2n) is 7.84. The van der Waals surface area contributed by atoms with E-state index in [2.05, 4.69) is 50.0 Å². The van der Waals surface area contributed by atoms with Crippen LogP contribution in [0.3, 0.4) is 0 Å². The number of hydrogen-bond donors (Lipinski definition) is 0. The van der Waals surface area contributed by atoms with E-state index in [-0.39, 0.29) is 5.82 Å². The fourth-order valence-electron chi connectivity index (χ4n) is 3.62. The molecule has 0 spiro atoms. The van der Waals surface area contributed by atoms with E-state index in [0.29, 0.717) is 10.9 Å². The molecule has 0 heterocycles. The smallest absolute Gasteiger partial charge is 0.146 e. The Balaban J connectivity index is 1.74. The van der Waals surface area contributed by atoms with Crippen molar-refractivity contribution in [2.75, 3.05) is 0 Å². The van der Waals surface area contributed by atoms with Crippen molar-refractivity contribution in [3.63, 3.8) is 0 Å². The van der Waals surface area contributed by atoms with Crippen molar-refractivity contribution in [3.05, 3.63) is 82.7 Å². The minimum Gasteiger partial charge on any atom is -0.205 e. The van der Waals surface area contributed by atoms with Crippen molar-refractivity contribution in [1.29, 1.82) is 0 Å². The second-order valence-corrected chi connectivity index (χ2v) is 7.84. The highest BCUT2D eigenvalue weighted by Gasteiger charge is 2.06. The van der Waals surface area contributed by atoms with Gasteiger partial charge < -0.3 is 0 Å². The minimum absolute atomic E-state index is 0.216. The maximum absolute atomic E-state index is 15.0. The van der Waals surface area contributed by atoms with Gasteiger partial charge in [0.15, 0.2) is 0 Å². The molecule has 0 aliphatic heterocycles. The quantitative estimate of drug-likeness (QED) is 0.273. The first-order chi connectivity index (χ1) is 14.2. The Morgan fingerprint density at radius 3 is 2.17 bits per heavy atom. The van der Waals surface area contributed by atoms with Crippen LogP contribution in [0.25, 0.3) is 10.8 Å². The molecule has 0 atom stereocenters. The fraction of sp³-hybridized carbons (Fsp3) is 0.357. The Morgan fingerprint density at radius 1 is 0.690 bits per heavy atom. The second kappa shape index (κ2) is 10.8. The van der Waals surface area contributed by atoms with Gasteiger partial charge in [-0.05, 0) is 60.4 Å². The molecule has 0 amide bonds. The summed E-state index contributed by atoms with van der Waals surface area (Å²) in [5.74, 6) is 5.92. The molecular formula is C28H31F. The van der Waals surface area contributed by atoms with Gasteiger partial charge in [-0.3, -0.25) is 0 Å². The van der Waals surface area contributed by atoms with Crippen LogP contribution in [0.15, 0.2) is 54.6 Å². The van der Waals surface area contributed by atoms with E-state index in [4.69, 9.17) is 0 Å². The highest BCUT2D eigenvalue weighted by atomic mass is 19.1. The highest BCUT2D eigenvalue weighted by molar-refractivity contribution is 5.85. The van der Waals surface area contributed by atoms with Gasteiger partial charge in [0.2, 0.25) is 0 Å².